The van der Waals surface area contributed by atoms with Crippen molar-refractivity contribution >= 4 is 10.0 Å². The Hall–Kier alpha value is -0.870. The largest absolute Gasteiger partial charge is 0.242 e. The van der Waals surface area contributed by atoms with E-state index in [-0.39, 0.29) is 0 Å². The summed E-state index contributed by atoms with van der Waals surface area (Å²) >= 11 is 0. The molecule has 0 spiro atoms. The molecule has 4 heteroatoms. The van der Waals surface area contributed by atoms with Gasteiger partial charge in [0.1, 0.15) is 0 Å². The fraction of sp³-hybridized carbons (Fsp3) is 0.625. The van der Waals surface area contributed by atoms with Crippen LogP contribution < -0.4 is 0 Å². The molecule has 1 aromatic rings. The van der Waals surface area contributed by atoms with E-state index >= 15 is 0 Å². The Labute approximate surface area is 124 Å². The molecule has 20 heavy (non-hydrogen) atoms. The Balaban J connectivity index is 2.71. The average molecular weight is 297 g/mol. The third-order valence-corrected chi connectivity index (χ3v) is 5.40. The van der Waals surface area contributed by atoms with E-state index < -0.39 is 10.0 Å². The molecule has 0 amide bonds. The number of hydrogen-bond acceptors (Lipinski definition) is 2. The number of sulfonamides is 1. The van der Waals surface area contributed by atoms with Crippen LogP contribution in [0, 0.1) is 0 Å². The number of benzene rings is 1. The Kier molecular flexibility index (Phi) is 7.24. The second kappa shape index (κ2) is 8.42. The zero-order valence-electron chi connectivity index (χ0n) is 12.9. The molecule has 114 valence electrons. The highest BCUT2D eigenvalue weighted by Crippen LogP contribution is 2.17. The fourth-order valence-electron chi connectivity index (χ4n) is 2.09. The van der Waals surface area contributed by atoms with Crippen LogP contribution in [0.5, 0.6) is 0 Å². The lowest BCUT2D eigenvalue weighted by Gasteiger charge is -2.17. The summed E-state index contributed by atoms with van der Waals surface area (Å²) in [7, 11) is -1.67. The highest BCUT2D eigenvalue weighted by atomic mass is 32.2. The molecule has 0 heterocycles. The van der Waals surface area contributed by atoms with Gasteiger partial charge in [-0.05, 0) is 37.0 Å². The minimum absolute atomic E-state index is 0.398. The van der Waals surface area contributed by atoms with E-state index in [0.29, 0.717) is 11.4 Å². The molecule has 0 bridgehead atoms. The predicted molar refractivity (Wildman–Crippen MR) is 84.4 cm³/mol. The van der Waals surface area contributed by atoms with E-state index in [9.17, 15) is 8.42 Å². The van der Waals surface area contributed by atoms with Gasteiger partial charge in [-0.2, -0.15) is 0 Å². The topological polar surface area (TPSA) is 37.4 Å². The summed E-state index contributed by atoms with van der Waals surface area (Å²) in [5, 5.41) is 0. The van der Waals surface area contributed by atoms with Gasteiger partial charge in [0, 0.05) is 13.6 Å². The van der Waals surface area contributed by atoms with Crippen LogP contribution in [0.2, 0.25) is 0 Å². The molecule has 0 atom stereocenters. The Morgan fingerprint density at radius 1 is 0.950 bits per heavy atom. The quantitative estimate of drug-likeness (QED) is 0.649. The summed E-state index contributed by atoms with van der Waals surface area (Å²) in [6.07, 6.45) is 6.51. The summed E-state index contributed by atoms with van der Waals surface area (Å²) in [5.74, 6) is 0. The minimum Gasteiger partial charge on any atom is -0.207 e. The van der Waals surface area contributed by atoms with Crippen LogP contribution >= 0.6 is 0 Å². The van der Waals surface area contributed by atoms with Gasteiger partial charge in [0.05, 0.1) is 4.90 Å². The number of unbranched alkanes of at least 4 members (excludes halogenated alkanes) is 3. The zero-order chi connectivity index (χ0) is 15.0. The highest BCUT2D eigenvalue weighted by Gasteiger charge is 2.19. The molecular formula is C16H27NO2S. The van der Waals surface area contributed by atoms with Crippen molar-refractivity contribution in [2.45, 2.75) is 57.3 Å². The lowest BCUT2D eigenvalue weighted by atomic mass is 10.1. The highest BCUT2D eigenvalue weighted by molar-refractivity contribution is 7.89. The third kappa shape index (κ3) is 4.91. The normalized spacial score (nSPS) is 12.0. The SMILES string of the molecule is CCCCCc1ccc(S(=O)(=O)N(C)CCCC)cc1. The van der Waals surface area contributed by atoms with Crippen LogP contribution in [0.4, 0.5) is 0 Å². The molecule has 0 saturated heterocycles. The van der Waals surface area contributed by atoms with Gasteiger partial charge in [-0.25, -0.2) is 12.7 Å². The van der Waals surface area contributed by atoms with Gasteiger partial charge >= 0.3 is 0 Å². The molecule has 0 aliphatic heterocycles. The van der Waals surface area contributed by atoms with Crippen molar-refractivity contribution in [3.63, 3.8) is 0 Å². The molecular weight excluding hydrogens is 270 g/mol. The van der Waals surface area contributed by atoms with Crippen LogP contribution in [-0.2, 0) is 16.4 Å². The molecule has 0 unspecified atom stereocenters. The van der Waals surface area contributed by atoms with Crippen molar-refractivity contribution in [3.8, 4) is 0 Å². The van der Waals surface area contributed by atoms with Crippen LogP contribution in [0.15, 0.2) is 29.2 Å². The summed E-state index contributed by atoms with van der Waals surface area (Å²) < 4.78 is 26.1. The van der Waals surface area contributed by atoms with E-state index in [2.05, 4.69) is 13.8 Å². The van der Waals surface area contributed by atoms with E-state index in [4.69, 9.17) is 0 Å². The van der Waals surface area contributed by atoms with Crippen LogP contribution in [0.3, 0.4) is 0 Å². The monoisotopic (exact) mass is 297 g/mol. The maximum atomic E-state index is 12.3. The van der Waals surface area contributed by atoms with E-state index in [1.54, 1.807) is 19.2 Å². The van der Waals surface area contributed by atoms with E-state index in [1.807, 2.05) is 12.1 Å². The third-order valence-electron chi connectivity index (χ3n) is 3.53. The van der Waals surface area contributed by atoms with E-state index in [0.717, 1.165) is 19.3 Å². The van der Waals surface area contributed by atoms with Crippen molar-refractivity contribution in [2.75, 3.05) is 13.6 Å². The van der Waals surface area contributed by atoms with Gasteiger partial charge in [-0.3, -0.25) is 0 Å². The molecule has 0 saturated carbocycles. The van der Waals surface area contributed by atoms with Crippen molar-refractivity contribution < 1.29 is 8.42 Å². The first-order valence-electron chi connectivity index (χ1n) is 7.57. The summed E-state index contributed by atoms with van der Waals surface area (Å²) in [6, 6.07) is 7.35. The van der Waals surface area contributed by atoms with Crippen LogP contribution in [0.25, 0.3) is 0 Å². The molecule has 0 aliphatic rings. The molecule has 0 aromatic heterocycles. The van der Waals surface area contributed by atoms with Gasteiger partial charge < -0.3 is 0 Å². The second-order valence-electron chi connectivity index (χ2n) is 5.28. The Morgan fingerprint density at radius 2 is 1.55 bits per heavy atom. The van der Waals surface area contributed by atoms with Crippen molar-refractivity contribution in [1.29, 1.82) is 0 Å². The van der Waals surface area contributed by atoms with Gasteiger partial charge in [-0.15, -0.1) is 0 Å². The molecule has 1 rings (SSSR count). The minimum atomic E-state index is -3.32. The summed E-state index contributed by atoms with van der Waals surface area (Å²) in [6.45, 7) is 4.82. The molecule has 0 aliphatic carbocycles. The van der Waals surface area contributed by atoms with E-state index in [1.165, 1.54) is 29.1 Å². The Morgan fingerprint density at radius 3 is 2.10 bits per heavy atom. The maximum Gasteiger partial charge on any atom is 0.242 e. The fourth-order valence-corrected chi connectivity index (χ4v) is 3.30. The first-order chi connectivity index (χ1) is 9.52. The molecule has 1 aromatic carbocycles. The number of nitrogens with zero attached hydrogens (tertiary/aromatic N) is 1. The summed E-state index contributed by atoms with van der Waals surface area (Å²) in [5.41, 5.74) is 1.22. The van der Waals surface area contributed by atoms with Crippen molar-refractivity contribution in [2.24, 2.45) is 0 Å². The number of rotatable bonds is 9. The van der Waals surface area contributed by atoms with Gasteiger partial charge in [0.2, 0.25) is 10.0 Å². The van der Waals surface area contributed by atoms with Crippen LogP contribution in [-0.4, -0.2) is 26.3 Å². The zero-order valence-corrected chi connectivity index (χ0v) is 13.7. The van der Waals surface area contributed by atoms with Crippen molar-refractivity contribution in [3.05, 3.63) is 29.8 Å². The maximum absolute atomic E-state index is 12.3. The smallest absolute Gasteiger partial charge is 0.207 e. The van der Waals surface area contributed by atoms with Crippen molar-refractivity contribution in [1.82, 2.24) is 4.31 Å². The lowest BCUT2D eigenvalue weighted by molar-refractivity contribution is 0.459. The molecule has 3 nitrogen and oxygen atoms in total. The molecule has 0 radical (unpaired) electrons. The van der Waals surface area contributed by atoms with Gasteiger partial charge in [0.25, 0.3) is 0 Å². The second-order valence-corrected chi connectivity index (χ2v) is 7.33. The number of aryl methyl sites for hydroxylation is 1. The van der Waals surface area contributed by atoms with Crippen LogP contribution in [0.1, 0.15) is 51.5 Å². The van der Waals surface area contributed by atoms with Gasteiger partial charge in [0.15, 0.2) is 0 Å². The lowest BCUT2D eigenvalue weighted by Crippen LogP contribution is -2.27. The Bertz CT molecular complexity index is 480. The summed E-state index contributed by atoms with van der Waals surface area (Å²) in [4.78, 5) is 0.398. The molecule has 0 N–H and O–H groups in total. The first kappa shape index (κ1) is 17.2. The number of hydrogen-bond donors (Lipinski definition) is 0. The average Bonchev–Trinajstić information content (AvgIpc) is 2.45. The van der Waals surface area contributed by atoms with Gasteiger partial charge in [-0.1, -0.05) is 45.2 Å². The molecule has 0 fully saturated rings. The predicted octanol–water partition coefficient (Wildman–Crippen LogP) is 3.84. The standard InChI is InChI=1S/C16H27NO2S/c1-4-6-8-9-15-10-12-16(13-11-15)20(18,19)17(3)14-7-5-2/h10-13H,4-9,14H2,1-3H3. The first-order valence-corrected chi connectivity index (χ1v) is 9.01.